The summed E-state index contributed by atoms with van der Waals surface area (Å²) in [4.78, 5) is 62.8. The molecule has 0 radical (unpaired) electrons. The van der Waals surface area contributed by atoms with E-state index in [0.29, 0.717) is 6.42 Å². The molecule has 4 aromatic rings. The number of hydrogen-bond acceptors (Lipinski definition) is 9. The van der Waals surface area contributed by atoms with Crippen molar-refractivity contribution in [1.29, 1.82) is 0 Å². The summed E-state index contributed by atoms with van der Waals surface area (Å²) in [6.07, 6.45) is 0.297. The Kier molecular flexibility index (Phi) is 16.4. The molecule has 0 aliphatic carbocycles. The van der Waals surface area contributed by atoms with Gasteiger partial charge < -0.3 is 14.2 Å². The molecule has 0 N–H and O–H groups in total. The fourth-order valence-electron chi connectivity index (χ4n) is 5.14. The molecule has 0 bridgehead atoms. The van der Waals surface area contributed by atoms with E-state index in [1.54, 1.807) is 0 Å². The Balaban J connectivity index is 1.33. The highest BCUT2D eigenvalue weighted by Crippen LogP contribution is 2.22. The summed E-state index contributed by atoms with van der Waals surface area (Å²) in [6, 6.07) is 37.4. The highest BCUT2D eigenvalue weighted by molar-refractivity contribution is 5.85. The average Bonchev–Trinajstić information content (AvgIpc) is 3.16. The van der Waals surface area contributed by atoms with Crippen molar-refractivity contribution in [1.82, 2.24) is 0 Å². The van der Waals surface area contributed by atoms with Gasteiger partial charge in [-0.05, 0) is 41.0 Å². The summed E-state index contributed by atoms with van der Waals surface area (Å²) in [5.41, 5.74) is 3.45. The van der Waals surface area contributed by atoms with Gasteiger partial charge in [0.15, 0.2) is 0 Å². The van der Waals surface area contributed by atoms with Crippen molar-refractivity contribution in [3.05, 3.63) is 144 Å². The molecule has 0 amide bonds. The van der Waals surface area contributed by atoms with Crippen LogP contribution < -0.4 is 0 Å². The van der Waals surface area contributed by atoms with E-state index in [0.717, 1.165) is 22.3 Å². The van der Waals surface area contributed by atoms with Crippen LogP contribution in [0.1, 0.15) is 60.8 Å². The maximum Gasteiger partial charge on any atom is 0.309 e. The van der Waals surface area contributed by atoms with Gasteiger partial charge in [-0.1, -0.05) is 121 Å². The van der Waals surface area contributed by atoms with Gasteiger partial charge in [-0.3, -0.25) is 19.2 Å². The predicted molar refractivity (Wildman–Crippen MR) is 186 cm³/mol. The molecule has 0 aromatic heterocycles. The van der Waals surface area contributed by atoms with Crippen LogP contribution in [0.15, 0.2) is 121 Å². The second-order valence-corrected chi connectivity index (χ2v) is 12.0. The average molecular weight is 681 g/mol. The van der Waals surface area contributed by atoms with Crippen LogP contribution >= 0.6 is 0 Å². The molecule has 0 saturated carbocycles. The van der Waals surface area contributed by atoms with E-state index in [-0.39, 0.29) is 76.8 Å². The Bertz CT molecular complexity index is 1580. The molecule has 0 heterocycles. The molecule has 2 unspecified atom stereocenters. The van der Waals surface area contributed by atoms with Crippen molar-refractivity contribution in [3.8, 4) is 0 Å². The van der Waals surface area contributed by atoms with Crippen molar-refractivity contribution in [2.24, 2.45) is 11.8 Å². The Labute approximate surface area is 293 Å². The Morgan fingerprint density at radius 3 is 1.36 bits per heavy atom. The van der Waals surface area contributed by atoms with Crippen molar-refractivity contribution in [2.45, 2.75) is 65.0 Å². The lowest BCUT2D eigenvalue weighted by molar-refractivity contribution is -0.310. The third-order valence-electron chi connectivity index (χ3n) is 7.94. The molecule has 50 heavy (non-hydrogen) atoms. The summed E-state index contributed by atoms with van der Waals surface area (Å²) in [5, 5.41) is 0. The van der Waals surface area contributed by atoms with Gasteiger partial charge in [0.05, 0.1) is 12.5 Å². The summed E-state index contributed by atoms with van der Waals surface area (Å²) >= 11 is 0. The van der Waals surface area contributed by atoms with Gasteiger partial charge in [-0.2, -0.15) is 0 Å². The fraction of sp³-hybridized carbons (Fsp3) is 0.317. The van der Waals surface area contributed by atoms with Gasteiger partial charge in [0.2, 0.25) is 0 Å². The van der Waals surface area contributed by atoms with E-state index < -0.39 is 23.8 Å². The monoisotopic (exact) mass is 680 g/mol. The Morgan fingerprint density at radius 2 is 0.880 bits per heavy atom. The summed E-state index contributed by atoms with van der Waals surface area (Å²) in [7, 11) is 0. The summed E-state index contributed by atoms with van der Waals surface area (Å²) in [5.74, 6) is -2.91. The van der Waals surface area contributed by atoms with Crippen LogP contribution in [0.2, 0.25) is 0 Å². The number of Topliss-reactive ketones (excluding diaryl/α,β-unsaturated/α-hetero) is 1. The molecule has 2 atom stereocenters. The minimum atomic E-state index is -0.859. The minimum absolute atomic E-state index is 0.0293. The zero-order valence-electron chi connectivity index (χ0n) is 28.2. The standard InChI is InChI=1S/C41H44O9/c42-38(25-36(31-50-49-30-35-19-11-4-12-20-35)21-23-39(43)46-27-32-13-5-1-6-14-32)26-37(41(45)48-29-34-17-9-3-10-18-34)22-24-40(44)47-28-33-15-7-2-8-16-33/h1-20,36-37H,21-31H2. The second-order valence-electron chi connectivity index (χ2n) is 12.0. The largest absolute Gasteiger partial charge is 0.461 e. The van der Waals surface area contributed by atoms with Crippen molar-refractivity contribution >= 4 is 23.7 Å². The number of carbonyl (C=O) groups excluding carboxylic acids is 4. The first-order valence-corrected chi connectivity index (χ1v) is 16.8. The van der Waals surface area contributed by atoms with E-state index >= 15 is 0 Å². The van der Waals surface area contributed by atoms with Gasteiger partial charge in [0.1, 0.15) is 32.2 Å². The SMILES string of the molecule is O=C(CC(CCC(=O)OCc1ccccc1)COOCc1ccccc1)CC(CCC(=O)OCc1ccccc1)C(=O)OCc1ccccc1. The van der Waals surface area contributed by atoms with Crippen molar-refractivity contribution in [2.75, 3.05) is 6.61 Å². The van der Waals surface area contributed by atoms with E-state index in [2.05, 4.69) is 0 Å². The van der Waals surface area contributed by atoms with Gasteiger partial charge in [0.25, 0.3) is 0 Å². The predicted octanol–water partition coefficient (Wildman–Crippen LogP) is 7.51. The van der Waals surface area contributed by atoms with Crippen LogP contribution in [-0.2, 0) is 69.6 Å². The van der Waals surface area contributed by atoms with Crippen LogP contribution in [0.5, 0.6) is 0 Å². The number of benzene rings is 4. The van der Waals surface area contributed by atoms with Gasteiger partial charge in [0, 0.05) is 25.7 Å². The molecule has 0 aliphatic rings. The van der Waals surface area contributed by atoms with Crippen LogP contribution in [0, 0.1) is 11.8 Å². The number of ether oxygens (including phenoxy) is 3. The van der Waals surface area contributed by atoms with Crippen LogP contribution in [0.25, 0.3) is 0 Å². The second kappa shape index (κ2) is 21.8. The lowest BCUT2D eigenvalue weighted by atomic mass is 9.91. The minimum Gasteiger partial charge on any atom is -0.461 e. The highest BCUT2D eigenvalue weighted by Gasteiger charge is 2.27. The maximum absolute atomic E-state index is 13.5. The van der Waals surface area contributed by atoms with Gasteiger partial charge in [-0.15, -0.1) is 0 Å². The zero-order valence-corrected chi connectivity index (χ0v) is 28.2. The van der Waals surface area contributed by atoms with E-state index in [1.807, 2.05) is 121 Å². The lowest BCUT2D eigenvalue weighted by Crippen LogP contribution is -2.24. The number of ketones is 1. The first-order chi connectivity index (χ1) is 24.4. The van der Waals surface area contributed by atoms with Crippen LogP contribution in [0.3, 0.4) is 0 Å². The number of hydrogen-bond donors (Lipinski definition) is 0. The molecule has 262 valence electrons. The third-order valence-corrected chi connectivity index (χ3v) is 7.94. The zero-order chi connectivity index (χ0) is 35.2. The Hall–Kier alpha value is -5.12. The molecule has 0 spiro atoms. The molecule has 4 aromatic carbocycles. The Morgan fingerprint density at radius 1 is 0.460 bits per heavy atom. The normalized spacial score (nSPS) is 12.0. The molecule has 0 aliphatic heterocycles. The molecule has 9 heteroatoms. The van der Waals surface area contributed by atoms with Gasteiger partial charge >= 0.3 is 17.9 Å². The first kappa shape index (κ1) is 37.7. The quantitative estimate of drug-likeness (QED) is 0.0274. The third kappa shape index (κ3) is 15.0. The van der Waals surface area contributed by atoms with E-state index in [4.69, 9.17) is 24.0 Å². The highest BCUT2D eigenvalue weighted by atomic mass is 17.2. The molecule has 4 rings (SSSR count). The fourth-order valence-corrected chi connectivity index (χ4v) is 5.14. The molecule has 0 fully saturated rings. The van der Waals surface area contributed by atoms with Gasteiger partial charge in [-0.25, -0.2) is 9.78 Å². The topological polar surface area (TPSA) is 114 Å². The molecule has 9 nitrogen and oxygen atoms in total. The lowest BCUT2D eigenvalue weighted by Gasteiger charge is -2.19. The maximum atomic E-state index is 13.5. The molecular formula is C41H44O9. The van der Waals surface area contributed by atoms with Crippen molar-refractivity contribution in [3.63, 3.8) is 0 Å². The summed E-state index contributed by atoms with van der Waals surface area (Å²) in [6.45, 7) is 0.586. The molecule has 0 saturated heterocycles. The smallest absolute Gasteiger partial charge is 0.309 e. The number of esters is 3. The van der Waals surface area contributed by atoms with Crippen molar-refractivity contribution < 1.29 is 43.2 Å². The summed E-state index contributed by atoms with van der Waals surface area (Å²) < 4.78 is 16.4. The number of carbonyl (C=O) groups is 4. The van der Waals surface area contributed by atoms with Crippen LogP contribution in [-0.4, -0.2) is 30.3 Å². The van der Waals surface area contributed by atoms with E-state index in [9.17, 15) is 19.2 Å². The van der Waals surface area contributed by atoms with E-state index in [1.165, 1.54) is 0 Å². The van der Waals surface area contributed by atoms with Crippen LogP contribution in [0.4, 0.5) is 0 Å². The first-order valence-electron chi connectivity index (χ1n) is 16.8. The molecular weight excluding hydrogens is 636 g/mol. The number of rotatable bonds is 22.